The van der Waals surface area contributed by atoms with E-state index in [4.69, 9.17) is 14.2 Å². The number of carbonyl (C=O) groups is 1. The van der Waals surface area contributed by atoms with Crippen LogP contribution in [-0.4, -0.2) is 37.8 Å². The molecule has 30 heavy (non-hydrogen) atoms. The van der Waals surface area contributed by atoms with Gasteiger partial charge in [0.25, 0.3) is 5.91 Å². The molecule has 0 saturated heterocycles. The van der Waals surface area contributed by atoms with Crippen LogP contribution in [0.1, 0.15) is 21.5 Å². The number of aryl methyl sites for hydroxylation is 1. The highest BCUT2D eigenvalue weighted by Crippen LogP contribution is 2.32. The molecular weight excluding hydrogens is 380 g/mol. The van der Waals surface area contributed by atoms with E-state index in [0.29, 0.717) is 23.6 Å². The Balaban J connectivity index is 1.40. The molecule has 0 unspecified atom stereocenters. The number of pyridine rings is 1. The van der Waals surface area contributed by atoms with Gasteiger partial charge in [-0.2, -0.15) is 0 Å². The molecule has 0 radical (unpaired) electrons. The lowest BCUT2D eigenvalue weighted by atomic mass is 10.0. The lowest BCUT2D eigenvalue weighted by molar-refractivity contribution is 0.0930. The van der Waals surface area contributed by atoms with Crippen LogP contribution in [0.5, 0.6) is 17.2 Å². The van der Waals surface area contributed by atoms with E-state index in [-0.39, 0.29) is 12.0 Å². The van der Waals surface area contributed by atoms with Crippen LogP contribution in [0.15, 0.2) is 54.7 Å². The standard InChI is InChI=1S/C24H24N2O4/c1-15-4-8-21(25-13-15)16-5-9-22-17(10-16)11-19(30-22)14-26-24(27)20-7-6-18(28-2)12-23(20)29-3/h4-10,12-13,19H,11,14H2,1-3H3,(H,26,27)/t19-/m1/s1. The SMILES string of the molecule is COc1ccc(C(=O)NC[C@H]2Cc3cc(-c4ccc(C)cn4)ccc3O2)c(OC)c1. The predicted octanol–water partition coefficient (Wildman–Crippen LogP) is 3.81. The summed E-state index contributed by atoms with van der Waals surface area (Å²) in [4.78, 5) is 17.1. The number of hydrogen-bond donors (Lipinski definition) is 1. The zero-order valence-electron chi connectivity index (χ0n) is 17.3. The largest absolute Gasteiger partial charge is 0.497 e. The number of benzene rings is 2. The van der Waals surface area contributed by atoms with Crippen molar-refractivity contribution in [3.8, 4) is 28.5 Å². The zero-order valence-corrected chi connectivity index (χ0v) is 17.3. The minimum absolute atomic E-state index is 0.116. The number of ether oxygens (including phenoxy) is 3. The fraction of sp³-hybridized carbons (Fsp3) is 0.250. The Morgan fingerprint density at radius 1 is 1.13 bits per heavy atom. The van der Waals surface area contributed by atoms with E-state index in [1.807, 2.05) is 31.3 Å². The molecule has 6 heteroatoms. The van der Waals surface area contributed by atoms with Gasteiger partial charge in [-0.05, 0) is 54.4 Å². The second-order valence-corrected chi connectivity index (χ2v) is 7.26. The van der Waals surface area contributed by atoms with Gasteiger partial charge < -0.3 is 19.5 Å². The highest BCUT2D eigenvalue weighted by Gasteiger charge is 2.24. The molecule has 3 aromatic rings. The molecule has 0 fully saturated rings. The van der Waals surface area contributed by atoms with Crippen molar-refractivity contribution >= 4 is 5.91 Å². The minimum atomic E-state index is -0.210. The molecule has 0 saturated carbocycles. The molecule has 2 aromatic carbocycles. The molecule has 6 nitrogen and oxygen atoms in total. The third-order valence-electron chi connectivity index (χ3n) is 5.15. The number of methoxy groups -OCH3 is 2. The van der Waals surface area contributed by atoms with Gasteiger partial charge in [0, 0.05) is 24.2 Å². The highest BCUT2D eigenvalue weighted by molar-refractivity contribution is 5.97. The van der Waals surface area contributed by atoms with Crippen molar-refractivity contribution in [1.82, 2.24) is 10.3 Å². The Labute approximate surface area is 175 Å². The predicted molar refractivity (Wildman–Crippen MR) is 114 cm³/mol. The maximum absolute atomic E-state index is 12.6. The second-order valence-electron chi connectivity index (χ2n) is 7.26. The van der Waals surface area contributed by atoms with Gasteiger partial charge >= 0.3 is 0 Å². The third-order valence-corrected chi connectivity index (χ3v) is 5.15. The lowest BCUT2D eigenvalue weighted by Crippen LogP contribution is -2.34. The van der Waals surface area contributed by atoms with Crippen molar-refractivity contribution in [1.29, 1.82) is 0 Å². The van der Waals surface area contributed by atoms with Gasteiger partial charge in [-0.3, -0.25) is 9.78 Å². The molecule has 2 heterocycles. The summed E-state index contributed by atoms with van der Waals surface area (Å²) in [6, 6.07) is 15.3. The number of rotatable bonds is 6. The molecule has 1 aliphatic heterocycles. The Bertz CT molecular complexity index is 1060. The maximum atomic E-state index is 12.6. The smallest absolute Gasteiger partial charge is 0.255 e. The molecule has 0 spiro atoms. The molecule has 1 amide bonds. The van der Waals surface area contributed by atoms with Crippen molar-refractivity contribution in [2.75, 3.05) is 20.8 Å². The topological polar surface area (TPSA) is 69.7 Å². The van der Waals surface area contributed by atoms with Crippen molar-refractivity contribution in [2.45, 2.75) is 19.4 Å². The third kappa shape index (κ3) is 4.08. The highest BCUT2D eigenvalue weighted by atomic mass is 16.5. The quantitative estimate of drug-likeness (QED) is 0.677. The average molecular weight is 404 g/mol. The van der Waals surface area contributed by atoms with Crippen molar-refractivity contribution in [2.24, 2.45) is 0 Å². The molecule has 154 valence electrons. The van der Waals surface area contributed by atoms with Crippen LogP contribution in [0.2, 0.25) is 0 Å². The van der Waals surface area contributed by atoms with Gasteiger partial charge in [-0.1, -0.05) is 6.07 Å². The number of hydrogen-bond acceptors (Lipinski definition) is 5. The van der Waals surface area contributed by atoms with E-state index in [0.717, 1.165) is 34.6 Å². The first-order valence-electron chi connectivity index (χ1n) is 9.80. The maximum Gasteiger partial charge on any atom is 0.255 e. The van der Waals surface area contributed by atoms with E-state index in [1.165, 1.54) is 7.11 Å². The summed E-state index contributed by atoms with van der Waals surface area (Å²) in [6.07, 6.45) is 2.48. The van der Waals surface area contributed by atoms with Gasteiger partial charge in [0.2, 0.25) is 0 Å². The fourth-order valence-electron chi connectivity index (χ4n) is 3.52. The Morgan fingerprint density at radius 3 is 2.73 bits per heavy atom. The van der Waals surface area contributed by atoms with Crippen LogP contribution in [0.4, 0.5) is 0 Å². The second kappa shape index (κ2) is 8.45. The fourth-order valence-corrected chi connectivity index (χ4v) is 3.52. The summed E-state index contributed by atoms with van der Waals surface area (Å²) in [6.45, 7) is 2.43. The van der Waals surface area contributed by atoms with Crippen LogP contribution in [-0.2, 0) is 6.42 Å². The number of aromatic nitrogens is 1. The van der Waals surface area contributed by atoms with Crippen LogP contribution < -0.4 is 19.5 Å². The summed E-state index contributed by atoms with van der Waals surface area (Å²) in [5.41, 5.74) is 4.71. The number of nitrogens with zero attached hydrogens (tertiary/aromatic N) is 1. The van der Waals surface area contributed by atoms with E-state index >= 15 is 0 Å². The molecule has 1 N–H and O–H groups in total. The van der Waals surface area contributed by atoms with E-state index < -0.39 is 0 Å². The monoisotopic (exact) mass is 404 g/mol. The average Bonchev–Trinajstić information content (AvgIpc) is 3.19. The summed E-state index contributed by atoms with van der Waals surface area (Å²) in [7, 11) is 3.10. The van der Waals surface area contributed by atoms with E-state index in [1.54, 1.807) is 25.3 Å². The minimum Gasteiger partial charge on any atom is -0.497 e. The summed E-state index contributed by atoms with van der Waals surface area (Å²) in [5.74, 6) is 1.75. The van der Waals surface area contributed by atoms with Crippen LogP contribution in [0, 0.1) is 6.92 Å². The van der Waals surface area contributed by atoms with Crippen molar-refractivity contribution < 1.29 is 19.0 Å². The first kappa shape index (κ1) is 19.8. The molecule has 1 aliphatic rings. The van der Waals surface area contributed by atoms with Crippen molar-refractivity contribution in [3.63, 3.8) is 0 Å². The van der Waals surface area contributed by atoms with Gasteiger partial charge in [0.1, 0.15) is 23.4 Å². The van der Waals surface area contributed by atoms with Gasteiger partial charge in [-0.25, -0.2) is 0 Å². The molecule has 0 bridgehead atoms. The summed E-state index contributed by atoms with van der Waals surface area (Å²) in [5, 5.41) is 2.94. The molecule has 4 rings (SSSR count). The lowest BCUT2D eigenvalue weighted by Gasteiger charge is -2.14. The molecular formula is C24H24N2O4. The first-order valence-corrected chi connectivity index (χ1v) is 9.80. The summed E-state index contributed by atoms with van der Waals surface area (Å²) >= 11 is 0. The summed E-state index contributed by atoms with van der Waals surface area (Å²) < 4.78 is 16.5. The molecule has 0 aliphatic carbocycles. The molecule has 1 aromatic heterocycles. The number of amides is 1. The number of nitrogens with one attached hydrogen (secondary N) is 1. The van der Waals surface area contributed by atoms with E-state index in [2.05, 4.69) is 22.4 Å². The van der Waals surface area contributed by atoms with E-state index in [9.17, 15) is 4.79 Å². The van der Waals surface area contributed by atoms with Crippen LogP contribution >= 0.6 is 0 Å². The Kier molecular flexibility index (Phi) is 5.57. The normalized spacial score (nSPS) is 14.6. The van der Waals surface area contributed by atoms with Gasteiger partial charge in [-0.15, -0.1) is 0 Å². The van der Waals surface area contributed by atoms with Gasteiger partial charge in [0.05, 0.1) is 32.0 Å². The van der Waals surface area contributed by atoms with Crippen molar-refractivity contribution in [3.05, 3.63) is 71.4 Å². The molecule has 1 atom stereocenters. The number of carbonyl (C=O) groups excluding carboxylic acids is 1. The Hall–Kier alpha value is -3.54. The van der Waals surface area contributed by atoms with Crippen LogP contribution in [0.25, 0.3) is 11.3 Å². The Morgan fingerprint density at radius 2 is 2.00 bits per heavy atom. The van der Waals surface area contributed by atoms with Gasteiger partial charge in [0.15, 0.2) is 0 Å². The first-order chi connectivity index (χ1) is 14.6. The van der Waals surface area contributed by atoms with Crippen LogP contribution in [0.3, 0.4) is 0 Å². The zero-order chi connectivity index (χ0) is 21.1. The number of fused-ring (bicyclic) bond motifs is 1.